The molecule has 2 aromatic rings. The zero-order chi connectivity index (χ0) is 22.6. The molecule has 164 valence electrons. The second kappa shape index (κ2) is 9.63. The summed E-state index contributed by atoms with van der Waals surface area (Å²) in [7, 11) is -2.36. The van der Waals surface area contributed by atoms with Crippen LogP contribution < -0.4 is 13.7 Å². The lowest BCUT2D eigenvalue weighted by Crippen LogP contribution is -2.32. The molecule has 31 heavy (non-hydrogen) atoms. The van der Waals surface area contributed by atoms with Crippen molar-refractivity contribution in [2.45, 2.75) is 0 Å². The van der Waals surface area contributed by atoms with Gasteiger partial charge in [0.05, 0.1) is 29.8 Å². The SMILES string of the molecule is COc1cc(/C=C2\SC(=O)N(CCOc3ccccc3Cl)C2=O)ccc1OS(C)(=O)=O. The van der Waals surface area contributed by atoms with Crippen LogP contribution in [0.15, 0.2) is 47.4 Å². The fourth-order valence-corrected chi connectivity index (χ4v) is 4.18. The van der Waals surface area contributed by atoms with Gasteiger partial charge in [0, 0.05) is 0 Å². The van der Waals surface area contributed by atoms with Crippen molar-refractivity contribution in [3.63, 3.8) is 0 Å². The van der Waals surface area contributed by atoms with E-state index >= 15 is 0 Å². The van der Waals surface area contributed by atoms with E-state index in [0.29, 0.717) is 16.3 Å². The van der Waals surface area contributed by atoms with Gasteiger partial charge in [0.25, 0.3) is 11.1 Å². The van der Waals surface area contributed by atoms with Crippen LogP contribution in [0, 0.1) is 0 Å². The first-order valence-corrected chi connectivity index (χ1v) is 11.9. The van der Waals surface area contributed by atoms with E-state index in [4.69, 9.17) is 25.3 Å². The summed E-state index contributed by atoms with van der Waals surface area (Å²) in [6, 6.07) is 11.4. The minimum atomic E-state index is -3.73. The summed E-state index contributed by atoms with van der Waals surface area (Å²) in [6.07, 6.45) is 2.44. The predicted molar refractivity (Wildman–Crippen MR) is 118 cm³/mol. The fourth-order valence-electron chi connectivity index (χ4n) is 2.66. The fraction of sp³-hybridized carbons (Fsp3) is 0.200. The Balaban J connectivity index is 1.70. The Kier molecular flexibility index (Phi) is 7.14. The molecular weight excluding hydrogens is 466 g/mol. The molecule has 3 rings (SSSR count). The largest absolute Gasteiger partial charge is 0.493 e. The Bertz CT molecular complexity index is 1150. The van der Waals surface area contributed by atoms with Gasteiger partial charge in [-0.3, -0.25) is 14.5 Å². The van der Waals surface area contributed by atoms with Crippen LogP contribution in [0.5, 0.6) is 17.2 Å². The first kappa shape index (κ1) is 23.0. The minimum absolute atomic E-state index is 0.0203. The van der Waals surface area contributed by atoms with E-state index in [1.165, 1.54) is 25.3 Å². The van der Waals surface area contributed by atoms with Crippen molar-refractivity contribution in [3.8, 4) is 17.2 Å². The number of hydrogen-bond donors (Lipinski definition) is 0. The maximum Gasteiger partial charge on any atom is 0.306 e. The number of rotatable bonds is 8. The maximum atomic E-state index is 12.6. The molecule has 0 aliphatic carbocycles. The molecular formula is C20H18ClNO7S2. The van der Waals surface area contributed by atoms with E-state index in [9.17, 15) is 18.0 Å². The molecule has 1 heterocycles. The number of para-hydroxylation sites is 1. The first-order chi connectivity index (χ1) is 14.7. The number of halogens is 1. The van der Waals surface area contributed by atoms with Crippen LogP contribution in [0.2, 0.25) is 5.02 Å². The van der Waals surface area contributed by atoms with E-state index in [1.54, 1.807) is 30.3 Å². The molecule has 1 saturated heterocycles. The molecule has 8 nitrogen and oxygen atoms in total. The molecule has 2 amide bonds. The molecule has 0 unspecified atom stereocenters. The molecule has 0 saturated carbocycles. The summed E-state index contributed by atoms with van der Waals surface area (Å²) in [5.41, 5.74) is 0.538. The van der Waals surface area contributed by atoms with Crippen LogP contribution in [-0.2, 0) is 14.9 Å². The van der Waals surface area contributed by atoms with Crippen molar-refractivity contribution in [3.05, 3.63) is 58.0 Å². The summed E-state index contributed by atoms with van der Waals surface area (Å²) in [6.45, 7) is 0.165. The zero-order valence-electron chi connectivity index (χ0n) is 16.5. The highest BCUT2D eigenvalue weighted by Crippen LogP contribution is 2.35. The lowest BCUT2D eigenvalue weighted by molar-refractivity contribution is -0.123. The zero-order valence-corrected chi connectivity index (χ0v) is 18.9. The van der Waals surface area contributed by atoms with Crippen molar-refractivity contribution in [1.82, 2.24) is 4.90 Å². The molecule has 0 atom stereocenters. The molecule has 0 bridgehead atoms. The Morgan fingerprint density at radius 2 is 1.84 bits per heavy atom. The number of methoxy groups -OCH3 is 1. The Hall–Kier alpha value is -2.69. The van der Waals surface area contributed by atoms with Crippen LogP contribution in [0.25, 0.3) is 6.08 Å². The number of benzene rings is 2. The number of amides is 2. The maximum absolute atomic E-state index is 12.6. The quantitative estimate of drug-likeness (QED) is 0.413. The predicted octanol–water partition coefficient (Wildman–Crippen LogP) is 3.80. The van der Waals surface area contributed by atoms with Gasteiger partial charge in [0.1, 0.15) is 12.4 Å². The third kappa shape index (κ3) is 5.93. The van der Waals surface area contributed by atoms with Crippen molar-refractivity contribution < 1.29 is 31.7 Å². The molecule has 2 aromatic carbocycles. The van der Waals surface area contributed by atoms with Gasteiger partial charge in [-0.15, -0.1) is 0 Å². The van der Waals surface area contributed by atoms with Crippen molar-refractivity contribution in [2.24, 2.45) is 0 Å². The van der Waals surface area contributed by atoms with Crippen LogP contribution in [0.3, 0.4) is 0 Å². The standard InChI is InChI=1S/C20H18ClNO7S2/c1-27-17-11-13(7-8-16(17)29-31(2,25)26)12-18-19(23)22(20(24)30-18)9-10-28-15-6-4-3-5-14(15)21/h3-8,11-12H,9-10H2,1-2H3/b18-12-. The van der Waals surface area contributed by atoms with E-state index in [0.717, 1.165) is 22.9 Å². The van der Waals surface area contributed by atoms with Crippen LogP contribution in [-0.4, -0.2) is 51.0 Å². The lowest BCUT2D eigenvalue weighted by atomic mass is 10.2. The highest BCUT2D eigenvalue weighted by atomic mass is 35.5. The van der Waals surface area contributed by atoms with Crippen molar-refractivity contribution in [2.75, 3.05) is 26.5 Å². The van der Waals surface area contributed by atoms with Gasteiger partial charge in [-0.05, 0) is 47.7 Å². The molecule has 0 spiro atoms. The summed E-state index contributed by atoms with van der Waals surface area (Å²) >= 11 is 6.83. The van der Waals surface area contributed by atoms with E-state index < -0.39 is 21.3 Å². The van der Waals surface area contributed by atoms with Crippen molar-refractivity contribution in [1.29, 1.82) is 0 Å². The van der Waals surface area contributed by atoms with Crippen molar-refractivity contribution >= 4 is 50.7 Å². The van der Waals surface area contributed by atoms with E-state index in [1.807, 2.05) is 0 Å². The molecule has 11 heteroatoms. The smallest absolute Gasteiger partial charge is 0.306 e. The van der Waals surface area contributed by atoms with Crippen LogP contribution in [0.1, 0.15) is 5.56 Å². The third-order valence-electron chi connectivity index (χ3n) is 4.01. The van der Waals surface area contributed by atoms with Gasteiger partial charge in [0.15, 0.2) is 11.5 Å². The number of imide groups is 1. The topological polar surface area (TPSA) is 99.2 Å². The summed E-state index contributed by atoms with van der Waals surface area (Å²) in [4.78, 5) is 26.2. The second-order valence-electron chi connectivity index (χ2n) is 6.31. The normalized spacial score (nSPS) is 15.5. The Morgan fingerprint density at radius 3 is 2.52 bits per heavy atom. The van der Waals surface area contributed by atoms with Gasteiger partial charge in [0.2, 0.25) is 0 Å². The highest BCUT2D eigenvalue weighted by molar-refractivity contribution is 8.18. The van der Waals surface area contributed by atoms with Crippen LogP contribution >= 0.6 is 23.4 Å². The molecule has 0 N–H and O–H groups in total. The summed E-state index contributed by atoms with van der Waals surface area (Å²) < 4.78 is 38.3. The van der Waals surface area contributed by atoms with Gasteiger partial charge in [-0.2, -0.15) is 8.42 Å². The average Bonchev–Trinajstić information content (AvgIpc) is 2.96. The molecule has 0 radical (unpaired) electrons. The van der Waals surface area contributed by atoms with Gasteiger partial charge in [-0.25, -0.2) is 0 Å². The Labute approximate surface area is 188 Å². The first-order valence-electron chi connectivity index (χ1n) is 8.88. The molecule has 1 aliphatic heterocycles. The summed E-state index contributed by atoms with van der Waals surface area (Å²) in [5.74, 6) is 0.210. The number of carbonyl (C=O) groups excluding carboxylic acids is 2. The number of ether oxygens (including phenoxy) is 2. The molecule has 1 aliphatic rings. The van der Waals surface area contributed by atoms with Crippen LogP contribution in [0.4, 0.5) is 4.79 Å². The lowest BCUT2D eigenvalue weighted by Gasteiger charge is -2.13. The van der Waals surface area contributed by atoms with Gasteiger partial charge in [-0.1, -0.05) is 29.8 Å². The molecule has 0 aromatic heterocycles. The average molecular weight is 484 g/mol. The van der Waals surface area contributed by atoms with E-state index in [-0.39, 0.29) is 29.6 Å². The second-order valence-corrected chi connectivity index (χ2v) is 9.29. The molecule has 1 fully saturated rings. The Morgan fingerprint density at radius 1 is 1.10 bits per heavy atom. The van der Waals surface area contributed by atoms with Gasteiger partial charge >= 0.3 is 10.1 Å². The number of thioether (sulfide) groups is 1. The van der Waals surface area contributed by atoms with E-state index in [2.05, 4.69) is 0 Å². The number of nitrogens with zero attached hydrogens (tertiary/aromatic N) is 1. The third-order valence-corrected chi connectivity index (χ3v) is 5.71. The monoisotopic (exact) mass is 483 g/mol. The minimum Gasteiger partial charge on any atom is -0.493 e. The number of carbonyl (C=O) groups is 2. The summed E-state index contributed by atoms with van der Waals surface area (Å²) in [5, 5.41) is 0.0248. The number of hydrogen-bond acceptors (Lipinski definition) is 8. The van der Waals surface area contributed by atoms with Gasteiger partial charge < -0.3 is 13.7 Å². The highest BCUT2D eigenvalue weighted by Gasteiger charge is 2.34.